The molecule has 0 radical (unpaired) electrons. The summed E-state index contributed by atoms with van der Waals surface area (Å²) in [6, 6.07) is 15.1. The van der Waals surface area contributed by atoms with E-state index in [9.17, 15) is 9.59 Å². The number of halogens is 1. The summed E-state index contributed by atoms with van der Waals surface area (Å²) in [7, 11) is 0. The Hall–Kier alpha value is -3.68. The topological polar surface area (TPSA) is 65.6 Å². The summed E-state index contributed by atoms with van der Waals surface area (Å²) < 4.78 is 9.73. The average Bonchev–Trinajstić information content (AvgIpc) is 3.32. The first-order valence-electron chi connectivity index (χ1n) is 12.8. The van der Waals surface area contributed by atoms with Crippen molar-refractivity contribution in [2.24, 2.45) is 4.99 Å². The van der Waals surface area contributed by atoms with Crippen LogP contribution in [0.4, 0.5) is 0 Å². The number of rotatable bonds is 5. The van der Waals surface area contributed by atoms with Crippen molar-refractivity contribution < 1.29 is 9.53 Å². The van der Waals surface area contributed by atoms with Gasteiger partial charge in [0.15, 0.2) is 4.80 Å². The number of aromatic nitrogens is 2. The Morgan fingerprint density at radius 1 is 1.05 bits per heavy atom. The van der Waals surface area contributed by atoms with Crippen molar-refractivity contribution >= 4 is 35.0 Å². The third kappa shape index (κ3) is 4.92. The van der Waals surface area contributed by atoms with Gasteiger partial charge in [0, 0.05) is 22.1 Å². The van der Waals surface area contributed by atoms with Crippen molar-refractivity contribution in [1.82, 2.24) is 9.13 Å². The van der Waals surface area contributed by atoms with E-state index in [0.29, 0.717) is 25.6 Å². The van der Waals surface area contributed by atoms with Crippen molar-refractivity contribution in [2.45, 2.75) is 47.6 Å². The third-order valence-corrected chi connectivity index (χ3v) is 8.16. The molecule has 3 heterocycles. The summed E-state index contributed by atoms with van der Waals surface area (Å²) in [5, 5.41) is 0.573. The van der Waals surface area contributed by atoms with Crippen LogP contribution in [0.1, 0.15) is 53.5 Å². The van der Waals surface area contributed by atoms with E-state index < -0.39 is 12.0 Å². The van der Waals surface area contributed by atoms with Crippen molar-refractivity contribution in [3.05, 3.63) is 118 Å². The molecule has 0 aliphatic carbocycles. The number of esters is 1. The van der Waals surface area contributed by atoms with E-state index in [2.05, 4.69) is 61.5 Å². The zero-order valence-corrected chi connectivity index (χ0v) is 24.4. The van der Waals surface area contributed by atoms with E-state index in [-0.39, 0.29) is 12.2 Å². The van der Waals surface area contributed by atoms with Crippen LogP contribution < -0.4 is 14.9 Å². The van der Waals surface area contributed by atoms with Crippen LogP contribution in [-0.2, 0) is 9.53 Å². The van der Waals surface area contributed by atoms with Gasteiger partial charge in [0.1, 0.15) is 0 Å². The number of hydrogen-bond donors (Lipinski definition) is 0. The lowest BCUT2D eigenvalue weighted by molar-refractivity contribution is -0.139. The average molecular weight is 560 g/mol. The van der Waals surface area contributed by atoms with E-state index in [1.807, 2.05) is 18.2 Å². The number of ether oxygens (including phenoxy) is 1. The molecule has 0 amide bonds. The zero-order valence-electron chi connectivity index (χ0n) is 22.8. The van der Waals surface area contributed by atoms with Crippen LogP contribution in [0.25, 0.3) is 11.8 Å². The highest BCUT2D eigenvalue weighted by Gasteiger charge is 2.33. The lowest BCUT2D eigenvalue weighted by Crippen LogP contribution is -2.39. The van der Waals surface area contributed by atoms with Gasteiger partial charge in [-0.2, -0.15) is 0 Å². The van der Waals surface area contributed by atoms with Gasteiger partial charge in [-0.1, -0.05) is 41.1 Å². The first-order chi connectivity index (χ1) is 18.6. The van der Waals surface area contributed by atoms with Crippen LogP contribution in [0.15, 0.2) is 69.6 Å². The van der Waals surface area contributed by atoms with Gasteiger partial charge in [0.2, 0.25) is 0 Å². The maximum atomic E-state index is 13.9. The predicted molar refractivity (Wildman–Crippen MR) is 157 cm³/mol. The van der Waals surface area contributed by atoms with Crippen LogP contribution in [0.3, 0.4) is 0 Å². The van der Waals surface area contributed by atoms with Crippen molar-refractivity contribution in [3.8, 4) is 5.69 Å². The highest BCUT2D eigenvalue weighted by Crippen LogP contribution is 2.31. The van der Waals surface area contributed by atoms with Crippen LogP contribution in [-0.4, -0.2) is 21.7 Å². The van der Waals surface area contributed by atoms with Gasteiger partial charge in [-0.15, -0.1) is 0 Å². The Morgan fingerprint density at radius 2 is 1.72 bits per heavy atom. The van der Waals surface area contributed by atoms with Gasteiger partial charge < -0.3 is 9.30 Å². The molecule has 0 saturated heterocycles. The normalized spacial score (nSPS) is 15.4. The fourth-order valence-corrected chi connectivity index (χ4v) is 6.47. The summed E-state index contributed by atoms with van der Waals surface area (Å²) >= 11 is 7.47. The van der Waals surface area contributed by atoms with Crippen LogP contribution in [0, 0.1) is 27.7 Å². The molecule has 2 aromatic heterocycles. The lowest BCUT2D eigenvalue weighted by atomic mass is 9.96. The molecule has 0 unspecified atom stereocenters. The molecule has 2 aromatic carbocycles. The maximum absolute atomic E-state index is 13.9. The van der Waals surface area contributed by atoms with E-state index in [0.717, 1.165) is 28.2 Å². The molecule has 1 atom stereocenters. The number of thiazole rings is 1. The van der Waals surface area contributed by atoms with Crippen LogP contribution in [0.2, 0.25) is 5.02 Å². The molecular formula is C31H30ClN3O3S. The number of aryl methyl sites for hydroxylation is 3. The predicted octanol–water partition coefficient (Wildman–Crippen LogP) is 5.48. The molecule has 1 aliphatic rings. The number of carbonyl (C=O) groups is 1. The Morgan fingerprint density at radius 3 is 2.36 bits per heavy atom. The Labute approximate surface area is 236 Å². The second kappa shape index (κ2) is 10.5. The van der Waals surface area contributed by atoms with E-state index in [1.165, 1.54) is 22.5 Å². The van der Waals surface area contributed by atoms with E-state index >= 15 is 0 Å². The van der Waals surface area contributed by atoms with Gasteiger partial charge in [-0.3, -0.25) is 9.36 Å². The highest BCUT2D eigenvalue weighted by atomic mass is 35.5. The molecule has 5 rings (SSSR count). The first-order valence-corrected chi connectivity index (χ1v) is 14.0. The molecule has 0 N–H and O–H groups in total. The number of benzene rings is 2. The molecule has 8 heteroatoms. The monoisotopic (exact) mass is 559 g/mol. The Bertz CT molecular complexity index is 1800. The second-order valence-electron chi connectivity index (χ2n) is 9.86. The minimum atomic E-state index is -0.664. The summed E-state index contributed by atoms with van der Waals surface area (Å²) in [6.45, 7) is 12.1. The van der Waals surface area contributed by atoms with Crippen molar-refractivity contribution in [3.63, 3.8) is 0 Å². The Balaban J connectivity index is 1.69. The number of nitrogens with zero attached hydrogens (tertiary/aromatic N) is 3. The largest absolute Gasteiger partial charge is 0.463 e. The van der Waals surface area contributed by atoms with Gasteiger partial charge in [0.25, 0.3) is 5.56 Å². The number of carbonyl (C=O) groups excluding carboxylic acids is 1. The van der Waals surface area contributed by atoms with Gasteiger partial charge in [-0.25, -0.2) is 9.79 Å². The molecule has 4 aromatic rings. The first kappa shape index (κ1) is 26.9. The van der Waals surface area contributed by atoms with Crippen LogP contribution >= 0.6 is 22.9 Å². The maximum Gasteiger partial charge on any atom is 0.338 e. The van der Waals surface area contributed by atoms with Gasteiger partial charge in [-0.05, 0) is 100 Å². The van der Waals surface area contributed by atoms with E-state index in [1.54, 1.807) is 30.5 Å². The number of fused-ring (bicyclic) bond motifs is 1. The fourth-order valence-electron chi connectivity index (χ4n) is 5.30. The minimum absolute atomic E-state index is 0.204. The summed E-state index contributed by atoms with van der Waals surface area (Å²) in [4.78, 5) is 32.2. The lowest BCUT2D eigenvalue weighted by Gasteiger charge is -2.24. The number of hydrogen-bond acceptors (Lipinski definition) is 5. The molecule has 0 fully saturated rings. The molecule has 0 spiro atoms. The molecule has 39 heavy (non-hydrogen) atoms. The molecule has 0 saturated carbocycles. The molecule has 1 aliphatic heterocycles. The van der Waals surface area contributed by atoms with Gasteiger partial charge in [0.05, 0.1) is 28.5 Å². The smallest absolute Gasteiger partial charge is 0.338 e. The molecule has 200 valence electrons. The van der Waals surface area contributed by atoms with Crippen LogP contribution in [0.5, 0.6) is 0 Å². The molecule has 6 nitrogen and oxygen atoms in total. The standard InChI is InChI=1S/C31H30ClN3O3S/c1-7-38-30(37)27-20(5)33-31-35(28(27)22-8-10-24(32)11-9-22)29(36)26(39-31)16-23-15-19(4)34(21(23)6)25-13-17(2)12-18(3)14-25/h8-16,28H,7H2,1-6H3/b26-16+/t28-/m0/s1. The molecule has 0 bridgehead atoms. The third-order valence-electron chi connectivity index (χ3n) is 6.92. The highest BCUT2D eigenvalue weighted by molar-refractivity contribution is 7.07. The van der Waals surface area contributed by atoms with Crippen molar-refractivity contribution in [1.29, 1.82) is 0 Å². The van der Waals surface area contributed by atoms with Crippen molar-refractivity contribution in [2.75, 3.05) is 6.61 Å². The second-order valence-corrected chi connectivity index (χ2v) is 11.3. The zero-order chi connectivity index (χ0) is 28.0. The van der Waals surface area contributed by atoms with Gasteiger partial charge >= 0.3 is 5.97 Å². The fraction of sp³-hybridized carbons (Fsp3) is 0.258. The quantitative estimate of drug-likeness (QED) is 0.304. The summed E-state index contributed by atoms with van der Waals surface area (Å²) in [5.41, 5.74) is 8.02. The summed E-state index contributed by atoms with van der Waals surface area (Å²) in [6.07, 6.45) is 1.92. The Kier molecular flexibility index (Phi) is 7.23. The SMILES string of the molecule is CCOC(=O)C1=C(C)N=c2s/c(=C/c3cc(C)n(-c4cc(C)cc(C)c4)c3C)c(=O)n2[C@H]1c1ccc(Cl)cc1. The van der Waals surface area contributed by atoms with E-state index in [4.69, 9.17) is 16.3 Å². The summed E-state index contributed by atoms with van der Waals surface area (Å²) in [5.74, 6) is -0.482. The number of allylic oxidation sites excluding steroid dienone is 1. The molecular weight excluding hydrogens is 530 g/mol. The minimum Gasteiger partial charge on any atom is -0.463 e.